The topological polar surface area (TPSA) is 86.8 Å². The first-order valence-corrected chi connectivity index (χ1v) is 17.3. The lowest BCUT2D eigenvalue weighted by atomic mass is 10.0. The Morgan fingerprint density at radius 1 is 0.870 bits per heavy atom. The van der Waals surface area contributed by atoms with Crippen LogP contribution in [-0.2, 0) is 32.6 Å². The van der Waals surface area contributed by atoms with Crippen molar-refractivity contribution in [3.63, 3.8) is 0 Å². The lowest BCUT2D eigenvalue weighted by Gasteiger charge is -2.34. The Bertz CT molecular complexity index is 1770. The van der Waals surface area contributed by atoms with E-state index in [9.17, 15) is 18.0 Å². The van der Waals surface area contributed by atoms with E-state index in [0.717, 1.165) is 15.4 Å². The summed E-state index contributed by atoms with van der Waals surface area (Å²) in [5, 5.41) is 3.90. The average Bonchev–Trinajstić information content (AvgIpc) is 3.03. The van der Waals surface area contributed by atoms with Gasteiger partial charge in [-0.1, -0.05) is 96.4 Å². The summed E-state index contributed by atoms with van der Waals surface area (Å²) in [5.41, 5.74) is 3.25. The number of nitrogens with one attached hydrogen (secondary N) is 1. The summed E-state index contributed by atoms with van der Waals surface area (Å²) in [6.45, 7) is 6.89. The molecular weight excluding hydrogens is 641 g/mol. The molecule has 0 saturated carbocycles. The maximum absolute atomic E-state index is 14.6. The molecule has 0 aromatic heterocycles. The summed E-state index contributed by atoms with van der Waals surface area (Å²) in [7, 11) is -4.23. The minimum atomic E-state index is -4.23. The van der Waals surface area contributed by atoms with Crippen LogP contribution in [0.25, 0.3) is 0 Å². The second-order valence-electron chi connectivity index (χ2n) is 11.4. The molecule has 4 rings (SSSR count). The average molecular weight is 681 g/mol. The van der Waals surface area contributed by atoms with Gasteiger partial charge in [0.25, 0.3) is 10.0 Å². The lowest BCUT2D eigenvalue weighted by molar-refractivity contribution is -0.140. The zero-order chi connectivity index (χ0) is 33.4. The zero-order valence-electron chi connectivity index (χ0n) is 26.4. The molecule has 4 aromatic rings. The van der Waals surface area contributed by atoms with E-state index < -0.39 is 28.5 Å². The SMILES string of the molecule is CC[C@@H](C)NC(=O)[C@H](Cc1ccccc1)N(Cc1ccccc1Cl)C(=O)CN(c1ccc(Cl)cc1C)S(=O)(=O)c1ccc(C)cc1. The molecule has 2 amide bonds. The van der Waals surface area contributed by atoms with Gasteiger partial charge in [0, 0.05) is 29.1 Å². The molecule has 7 nitrogen and oxygen atoms in total. The number of hydrogen-bond donors (Lipinski definition) is 1. The minimum absolute atomic E-state index is 0.0120. The van der Waals surface area contributed by atoms with Crippen LogP contribution in [0, 0.1) is 13.8 Å². The molecule has 0 saturated heterocycles. The molecule has 0 fully saturated rings. The van der Waals surface area contributed by atoms with Crippen LogP contribution in [0.2, 0.25) is 10.0 Å². The van der Waals surface area contributed by atoms with E-state index in [2.05, 4.69) is 5.32 Å². The molecule has 10 heteroatoms. The summed E-state index contributed by atoms with van der Waals surface area (Å²) < 4.78 is 29.6. The Balaban J connectivity index is 1.84. The summed E-state index contributed by atoms with van der Waals surface area (Å²) in [4.78, 5) is 30.0. The third-order valence-electron chi connectivity index (χ3n) is 7.89. The van der Waals surface area contributed by atoms with Crippen molar-refractivity contribution in [1.82, 2.24) is 10.2 Å². The van der Waals surface area contributed by atoms with E-state index in [1.807, 2.05) is 51.1 Å². The number of hydrogen-bond acceptors (Lipinski definition) is 4. The van der Waals surface area contributed by atoms with Gasteiger partial charge in [0.1, 0.15) is 12.6 Å². The van der Waals surface area contributed by atoms with Crippen LogP contribution in [0.1, 0.15) is 42.5 Å². The van der Waals surface area contributed by atoms with E-state index in [1.165, 1.54) is 17.0 Å². The summed E-state index contributed by atoms with van der Waals surface area (Å²) in [5.74, 6) is -0.903. The number of halogens is 2. The number of anilines is 1. The number of nitrogens with zero attached hydrogens (tertiary/aromatic N) is 2. The number of carbonyl (C=O) groups is 2. The van der Waals surface area contributed by atoms with Gasteiger partial charge in [0.05, 0.1) is 10.6 Å². The van der Waals surface area contributed by atoms with E-state index in [-0.39, 0.29) is 29.8 Å². The van der Waals surface area contributed by atoms with E-state index in [1.54, 1.807) is 61.5 Å². The van der Waals surface area contributed by atoms with Crippen LogP contribution in [-0.4, -0.2) is 43.8 Å². The van der Waals surface area contributed by atoms with Gasteiger partial charge >= 0.3 is 0 Å². The van der Waals surface area contributed by atoms with Crippen molar-refractivity contribution >= 4 is 50.7 Å². The van der Waals surface area contributed by atoms with Crippen LogP contribution in [0.3, 0.4) is 0 Å². The lowest BCUT2D eigenvalue weighted by Crippen LogP contribution is -2.54. The largest absolute Gasteiger partial charge is 0.352 e. The van der Waals surface area contributed by atoms with Gasteiger partial charge in [-0.2, -0.15) is 0 Å². The van der Waals surface area contributed by atoms with Crippen LogP contribution in [0.15, 0.2) is 102 Å². The van der Waals surface area contributed by atoms with Gasteiger partial charge < -0.3 is 10.2 Å². The molecule has 0 bridgehead atoms. The first kappa shape index (κ1) is 35.0. The third kappa shape index (κ3) is 8.69. The maximum Gasteiger partial charge on any atom is 0.264 e. The normalized spacial score (nSPS) is 12.7. The van der Waals surface area contributed by atoms with Gasteiger partial charge in [-0.25, -0.2) is 8.42 Å². The Hall–Kier alpha value is -3.85. The summed E-state index contributed by atoms with van der Waals surface area (Å²) in [6, 6.07) is 26.7. The molecule has 0 aliphatic rings. The first-order valence-electron chi connectivity index (χ1n) is 15.1. The molecule has 0 aliphatic carbocycles. The third-order valence-corrected chi connectivity index (χ3v) is 10.3. The van der Waals surface area contributed by atoms with E-state index >= 15 is 0 Å². The van der Waals surface area contributed by atoms with Crippen molar-refractivity contribution in [2.45, 2.75) is 64.1 Å². The molecule has 46 heavy (non-hydrogen) atoms. The molecule has 0 radical (unpaired) electrons. The summed E-state index contributed by atoms with van der Waals surface area (Å²) >= 11 is 12.8. The Labute approximate surface area is 282 Å². The molecule has 1 N–H and O–H groups in total. The second-order valence-corrected chi connectivity index (χ2v) is 14.1. The Kier molecular flexibility index (Phi) is 11.9. The smallest absolute Gasteiger partial charge is 0.264 e. The molecule has 4 aromatic carbocycles. The fourth-order valence-corrected chi connectivity index (χ4v) is 6.96. The van der Waals surface area contributed by atoms with E-state index in [0.29, 0.717) is 33.3 Å². The van der Waals surface area contributed by atoms with Gasteiger partial charge in [-0.15, -0.1) is 0 Å². The van der Waals surface area contributed by atoms with Gasteiger partial charge in [-0.3, -0.25) is 13.9 Å². The first-order chi connectivity index (χ1) is 21.9. The van der Waals surface area contributed by atoms with Crippen molar-refractivity contribution in [3.05, 3.63) is 129 Å². The second kappa shape index (κ2) is 15.6. The number of aryl methyl sites for hydroxylation is 2. The van der Waals surface area contributed by atoms with Crippen LogP contribution >= 0.6 is 23.2 Å². The van der Waals surface area contributed by atoms with Crippen LogP contribution < -0.4 is 9.62 Å². The number of benzene rings is 4. The quantitative estimate of drug-likeness (QED) is 0.160. The standard InChI is InChI=1S/C36H39Cl2N3O4S/c1-5-27(4)39-36(43)34(22-28-11-7-6-8-12-28)40(23-29-13-9-10-14-32(29)38)35(42)24-41(33-20-17-30(37)21-26(33)3)46(44,45)31-18-15-25(2)16-19-31/h6-21,27,34H,5,22-24H2,1-4H3,(H,39,43)/t27-,34+/m1/s1. The monoisotopic (exact) mass is 679 g/mol. The molecular formula is C36H39Cl2N3O4S. The van der Waals surface area contributed by atoms with Gasteiger partial charge in [0.15, 0.2) is 0 Å². The fraction of sp³-hybridized carbons (Fsp3) is 0.278. The highest BCUT2D eigenvalue weighted by molar-refractivity contribution is 7.92. The predicted octanol–water partition coefficient (Wildman–Crippen LogP) is 7.36. The molecule has 0 spiro atoms. The van der Waals surface area contributed by atoms with Crippen molar-refractivity contribution in [2.75, 3.05) is 10.8 Å². The Morgan fingerprint density at radius 3 is 2.15 bits per heavy atom. The molecule has 242 valence electrons. The highest BCUT2D eigenvalue weighted by Gasteiger charge is 2.35. The highest BCUT2D eigenvalue weighted by atomic mass is 35.5. The fourth-order valence-electron chi connectivity index (χ4n) is 5.05. The van der Waals surface area contributed by atoms with Gasteiger partial charge in [0.2, 0.25) is 11.8 Å². The predicted molar refractivity (Wildman–Crippen MR) is 186 cm³/mol. The van der Waals surface area contributed by atoms with E-state index in [4.69, 9.17) is 23.2 Å². The number of carbonyl (C=O) groups excluding carboxylic acids is 2. The maximum atomic E-state index is 14.6. The molecule has 0 heterocycles. The molecule has 2 atom stereocenters. The van der Waals surface area contributed by atoms with Crippen LogP contribution in [0.4, 0.5) is 5.69 Å². The number of sulfonamides is 1. The Morgan fingerprint density at radius 2 is 1.52 bits per heavy atom. The zero-order valence-corrected chi connectivity index (χ0v) is 28.7. The highest BCUT2D eigenvalue weighted by Crippen LogP contribution is 2.30. The van der Waals surface area contributed by atoms with Gasteiger partial charge in [-0.05, 0) is 80.3 Å². The molecule has 0 aliphatic heterocycles. The van der Waals surface area contributed by atoms with Crippen LogP contribution in [0.5, 0.6) is 0 Å². The molecule has 0 unspecified atom stereocenters. The number of amides is 2. The summed E-state index contributed by atoms with van der Waals surface area (Å²) in [6.07, 6.45) is 0.907. The van der Waals surface area contributed by atoms with Crippen molar-refractivity contribution in [3.8, 4) is 0 Å². The number of rotatable bonds is 13. The van der Waals surface area contributed by atoms with Crippen molar-refractivity contribution in [1.29, 1.82) is 0 Å². The van der Waals surface area contributed by atoms with Crippen molar-refractivity contribution in [2.24, 2.45) is 0 Å². The minimum Gasteiger partial charge on any atom is -0.352 e. The van der Waals surface area contributed by atoms with Crippen molar-refractivity contribution < 1.29 is 18.0 Å².